The molecule has 1 aromatic rings. The van der Waals surface area contributed by atoms with E-state index in [2.05, 4.69) is 0 Å². The number of benzene rings is 1. The Hall–Kier alpha value is -1.51. The molecule has 108 valence electrons. The average Bonchev–Trinajstić information content (AvgIpc) is 2.47. The van der Waals surface area contributed by atoms with E-state index in [4.69, 9.17) is 0 Å². The second kappa shape index (κ2) is 5.86. The summed E-state index contributed by atoms with van der Waals surface area (Å²) in [6, 6.07) is 7.03. The Morgan fingerprint density at radius 1 is 1.20 bits per heavy atom. The molecule has 3 nitrogen and oxygen atoms in total. The van der Waals surface area contributed by atoms with Gasteiger partial charge in [-0.3, -0.25) is 4.79 Å². The van der Waals surface area contributed by atoms with E-state index < -0.39 is 0 Å². The number of aromatic hydroxyl groups is 1. The number of phenolic OH excluding ortho intramolecular Hbond substituents is 1. The third-order valence-electron chi connectivity index (χ3n) is 4.91. The van der Waals surface area contributed by atoms with Crippen molar-refractivity contribution in [1.29, 1.82) is 0 Å². The van der Waals surface area contributed by atoms with Gasteiger partial charge in [-0.1, -0.05) is 31.4 Å². The van der Waals surface area contributed by atoms with Crippen molar-refractivity contribution in [3.63, 3.8) is 0 Å². The highest BCUT2D eigenvalue weighted by Crippen LogP contribution is 2.36. The highest BCUT2D eigenvalue weighted by molar-refractivity contribution is 5.79. The molecule has 1 saturated heterocycles. The van der Waals surface area contributed by atoms with Gasteiger partial charge in [0.05, 0.1) is 6.42 Å². The zero-order valence-corrected chi connectivity index (χ0v) is 11.9. The van der Waals surface area contributed by atoms with Crippen LogP contribution in [0.5, 0.6) is 5.75 Å². The predicted octanol–water partition coefficient (Wildman–Crippen LogP) is 2.97. The van der Waals surface area contributed by atoms with Crippen molar-refractivity contribution < 1.29 is 9.90 Å². The van der Waals surface area contributed by atoms with Crippen LogP contribution in [0.4, 0.5) is 0 Å². The lowest BCUT2D eigenvalue weighted by Gasteiger charge is -2.41. The fourth-order valence-electron chi connectivity index (χ4n) is 3.78. The number of fused-ring (bicyclic) bond motifs is 1. The van der Waals surface area contributed by atoms with Gasteiger partial charge in [0.15, 0.2) is 0 Å². The molecule has 3 heteroatoms. The highest BCUT2D eigenvalue weighted by atomic mass is 16.3. The molecule has 1 saturated carbocycles. The molecule has 1 aromatic carbocycles. The number of hydrogen-bond donors (Lipinski definition) is 1. The van der Waals surface area contributed by atoms with E-state index in [9.17, 15) is 9.90 Å². The molecule has 0 aromatic heterocycles. The van der Waals surface area contributed by atoms with Gasteiger partial charge < -0.3 is 10.0 Å². The molecule has 2 atom stereocenters. The summed E-state index contributed by atoms with van der Waals surface area (Å²) in [5.41, 5.74) is 0.903. The van der Waals surface area contributed by atoms with Crippen LogP contribution in [0.15, 0.2) is 24.3 Å². The Morgan fingerprint density at radius 3 is 2.80 bits per heavy atom. The molecule has 1 amide bonds. The average molecular weight is 273 g/mol. The fourth-order valence-corrected chi connectivity index (χ4v) is 3.78. The predicted molar refractivity (Wildman–Crippen MR) is 78.5 cm³/mol. The molecule has 0 spiro atoms. The summed E-state index contributed by atoms with van der Waals surface area (Å²) in [7, 11) is 0. The third kappa shape index (κ3) is 2.97. The summed E-state index contributed by atoms with van der Waals surface area (Å²) in [4.78, 5) is 14.4. The maximum Gasteiger partial charge on any atom is 0.227 e. The first-order chi connectivity index (χ1) is 9.72. The van der Waals surface area contributed by atoms with Crippen LogP contribution < -0.4 is 0 Å². The minimum atomic E-state index is 0.208. The lowest BCUT2D eigenvalue weighted by molar-refractivity contribution is -0.133. The van der Waals surface area contributed by atoms with Gasteiger partial charge in [0.25, 0.3) is 0 Å². The SMILES string of the molecule is O=C(Cc1cccc(O)c1)N1CCC2CCCCC2C1. The van der Waals surface area contributed by atoms with Gasteiger partial charge in [0, 0.05) is 13.1 Å². The number of hydrogen-bond acceptors (Lipinski definition) is 2. The van der Waals surface area contributed by atoms with Crippen molar-refractivity contribution in [3.8, 4) is 5.75 Å². The number of phenols is 1. The molecule has 0 bridgehead atoms. The summed E-state index contributed by atoms with van der Waals surface area (Å²) in [6.07, 6.45) is 6.94. The zero-order chi connectivity index (χ0) is 13.9. The Kier molecular flexibility index (Phi) is 3.95. The lowest BCUT2D eigenvalue weighted by Crippen LogP contribution is -2.45. The molecular weight excluding hydrogens is 250 g/mol. The number of carbonyl (C=O) groups is 1. The van der Waals surface area contributed by atoms with Crippen LogP contribution in [0.2, 0.25) is 0 Å². The largest absolute Gasteiger partial charge is 0.508 e. The third-order valence-corrected chi connectivity index (χ3v) is 4.91. The van der Waals surface area contributed by atoms with E-state index >= 15 is 0 Å². The van der Waals surface area contributed by atoms with Gasteiger partial charge in [0.1, 0.15) is 5.75 Å². The maximum atomic E-state index is 12.4. The summed E-state index contributed by atoms with van der Waals surface area (Å²) < 4.78 is 0. The molecule has 1 heterocycles. The quantitative estimate of drug-likeness (QED) is 0.900. The monoisotopic (exact) mass is 273 g/mol. The van der Waals surface area contributed by atoms with Crippen molar-refractivity contribution in [3.05, 3.63) is 29.8 Å². The van der Waals surface area contributed by atoms with Crippen molar-refractivity contribution in [1.82, 2.24) is 4.90 Å². The van der Waals surface area contributed by atoms with Crippen LogP contribution in [-0.2, 0) is 11.2 Å². The smallest absolute Gasteiger partial charge is 0.227 e. The van der Waals surface area contributed by atoms with Gasteiger partial charge in [-0.05, 0) is 42.4 Å². The molecule has 1 aliphatic carbocycles. The first kappa shape index (κ1) is 13.5. The Bertz CT molecular complexity index is 486. The molecular formula is C17H23NO2. The molecule has 3 rings (SSSR count). The van der Waals surface area contributed by atoms with E-state index in [1.165, 1.54) is 32.1 Å². The molecule has 2 fully saturated rings. The van der Waals surface area contributed by atoms with E-state index in [-0.39, 0.29) is 11.7 Å². The number of amides is 1. The first-order valence-corrected chi connectivity index (χ1v) is 7.78. The summed E-state index contributed by atoms with van der Waals surface area (Å²) in [5.74, 6) is 2.03. The van der Waals surface area contributed by atoms with E-state index in [0.717, 1.165) is 30.5 Å². The maximum absolute atomic E-state index is 12.4. The van der Waals surface area contributed by atoms with Crippen LogP contribution in [0.1, 0.15) is 37.7 Å². The van der Waals surface area contributed by atoms with Gasteiger partial charge in [-0.25, -0.2) is 0 Å². The van der Waals surface area contributed by atoms with Crippen LogP contribution in [0, 0.1) is 11.8 Å². The van der Waals surface area contributed by atoms with Gasteiger partial charge in [-0.15, -0.1) is 0 Å². The molecule has 20 heavy (non-hydrogen) atoms. The topological polar surface area (TPSA) is 40.5 Å². The van der Waals surface area contributed by atoms with Crippen LogP contribution in [0.25, 0.3) is 0 Å². The minimum Gasteiger partial charge on any atom is -0.508 e. The van der Waals surface area contributed by atoms with E-state index in [1.807, 2.05) is 11.0 Å². The standard InChI is InChI=1S/C17H23NO2/c19-16-7-3-4-13(10-16)11-17(20)18-9-8-14-5-1-2-6-15(14)12-18/h3-4,7,10,14-15,19H,1-2,5-6,8-9,11-12H2. The zero-order valence-electron chi connectivity index (χ0n) is 11.9. The normalized spacial score (nSPS) is 26.1. The van der Waals surface area contributed by atoms with Gasteiger partial charge >= 0.3 is 0 Å². The number of carbonyl (C=O) groups excluding carboxylic acids is 1. The van der Waals surface area contributed by atoms with E-state index in [0.29, 0.717) is 6.42 Å². The second-order valence-electron chi connectivity index (χ2n) is 6.28. The van der Waals surface area contributed by atoms with Crippen molar-refractivity contribution >= 4 is 5.91 Å². The van der Waals surface area contributed by atoms with Gasteiger partial charge in [0.2, 0.25) is 5.91 Å². The fraction of sp³-hybridized carbons (Fsp3) is 0.588. The lowest BCUT2D eigenvalue weighted by atomic mass is 9.75. The highest BCUT2D eigenvalue weighted by Gasteiger charge is 2.32. The Labute approximate surface area is 120 Å². The van der Waals surface area contributed by atoms with Crippen LogP contribution >= 0.6 is 0 Å². The molecule has 2 aliphatic rings. The number of piperidine rings is 1. The van der Waals surface area contributed by atoms with Crippen molar-refractivity contribution in [2.24, 2.45) is 11.8 Å². The molecule has 0 radical (unpaired) electrons. The number of nitrogens with zero attached hydrogens (tertiary/aromatic N) is 1. The van der Waals surface area contributed by atoms with E-state index in [1.54, 1.807) is 18.2 Å². The van der Waals surface area contributed by atoms with Crippen LogP contribution in [-0.4, -0.2) is 29.0 Å². The minimum absolute atomic E-state index is 0.208. The number of likely N-dealkylation sites (tertiary alicyclic amines) is 1. The Morgan fingerprint density at radius 2 is 2.00 bits per heavy atom. The number of rotatable bonds is 2. The Balaban J connectivity index is 1.60. The van der Waals surface area contributed by atoms with Crippen LogP contribution in [0.3, 0.4) is 0 Å². The summed E-state index contributed by atoms with van der Waals surface area (Å²) >= 11 is 0. The molecule has 2 unspecified atom stereocenters. The first-order valence-electron chi connectivity index (χ1n) is 7.78. The molecule has 1 N–H and O–H groups in total. The molecule has 1 aliphatic heterocycles. The summed E-state index contributed by atoms with van der Waals surface area (Å²) in [6.45, 7) is 1.86. The summed E-state index contributed by atoms with van der Waals surface area (Å²) in [5, 5.41) is 9.47. The van der Waals surface area contributed by atoms with Crippen molar-refractivity contribution in [2.45, 2.75) is 38.5 Å². The van der Waals surface area contributed by atoms with Gasteiger partial charge in [-0.2, -0.15) is 0 Å². The second-order valence-corrected chi connectivity index (χ2v) is 6.28. The van der Waals surface area contributed by atoms with Crippen molar-refractivity contribution in [2.75, 3.05) is 13.1 Å².